The molecule has 5 rings (SSSR count). The monoisotopic (exact) mass is 438 g/mol. The molecule has 32 heavy (non-hydrogen) atoms. The summed E-state index contributed by atoms with van der Waals surface area (Å²) in [6.45, 7) is 12.7. The molecule has 0 amide bonds. The molecule has 5 unspecified atom stereocenters. The fraction of sp³-hybridized carbons (Fsp3) is 0.704. The summed E-state index contributed by atoms with van der Waals surface area (Å²) in [6.07, 6.45) is 8.40. The molecule has 4 aliphatic rings. The molecule has 0 radical (unpaired) electrons. The van der Waals surface area contributed by atoms with Gasteiger partial charge in [-0.25, -0.2) is 0 Å². The molecule has 2 N–H and O–H groups in total. The van der Waals surface area contributed by atoms with Crippen molar-refractivity contribution in [3.8, 4) is 0 Å². The van der Waals surface area contributed by atoms with E-state index in [9.17, 15) is 15.0 Å². The van der Waals surface area contributed by atoms with Crippen LogP contribution in [0.4, 0.5) is 0 Å². The Balaban J connectivity index is 1.70. The number of ketones is 1. The minimum absolute atomic E-state index is 0.0771. The highest BCUT2D eigenvalue weighted by atomic mass is 16.3. The summed E-state index contributed by atoms with van der Waals surface area (Å²) < 4.78 is 1.94. The van der Waals surface area contributed by atoms with E-state index < -0.39 is 22.5 Å². The van der Waals surface area contributed by atoms with E-state index in [1.807, 2.05) is 31.8 Å². The van der Waals surface area contributed by atoms with Gasteiger partial charge >= 0.3 is 0 Å². The minimum atomic E-state index is -1.38. The van der Waals surface area contributed by atoms with Gasteiger partial charge in [-0.05, 0) is 61.2 Å². The normalized spacial score (nSPS) is 47.0. The van der Waals surface area contributed by atoms with Crippen LogP contribution in [0.1, 0.15) is 72.1 Å². The lowest BCUT2D eigenvalue weighted by Crippen LogP contribution is -2.66. The van der Waals surface area contributed by atoms with Crippen molar-refractivity contribution in [3.05, 3.63) is 34.7 Å². The summed E-state index contributed by atoms with van der Waals surface area (Å²) >= 11 is 0. The van der Waals surface area contributed by atoms with E-state index in [0.29, 0.717) is 12.8 Å². The quantitative estimate of drug-likeness (QED) is 0.729. The molecule has 1 aromatic rings. The highest BCUT2D eigenvalue weighted by molar-refractivity contribution is 5.88. The van der Waals surface area contributed by atoms with Gasteiger partial charge in [0, 0.05) is 29.7 Å². The molecule has 0 saturated heterocycles. The van der Waals surface area contributed by atoms with Crippen LogP contribution < -0.4 is 0 Å². The van der Waals surface area contributed by atoms with Crippen molar-refractivity contribution in [2.45, 2.75) is 78.9 Å². The van der Waals surface area contributed by atoms with Crippen LogP contribution in [0.25, 0.3) is 6.08 Å². The van der Waals surface area contributed by atoms with Crippen molar-refractivity contribution in [1.29, 1.82) is 0 Å². The number of aryl methyl sites for hydroxylation is 1. The summed E-state index contributed by atoms with van der Waals surface area (Å²) in [5.74, 6) is 0.0498. The van der Waals surface area contributed by atoms with Gasteiger partial charge in [0.15, 0.2) is 5.78 Å². The number of nitrogens with zero attached hydrogens (tertiary/aromatic N) is 2. The molecule has 0 spiro atoms. The van der Waals surface area contributed by atoms with Gasteiger partial charge in [-0.3, -0.25) is 9.48 Å². The number of hydrogen-bond acceptors (Lipinski definition) is 4. The standard InChI is InChI=1S/C27H38N2O3/c1-8-22(30)27(32)16(3)10-19-20-9-15(2)18-11-21-17(14-28-29(21)7)12-24(18,4)26(20,6)23(31)13-25(19,27)5/h9,11,14,16,19-20,23,31-32H,8,10,12-13H2,1-7H3/t16-,19?,20?,23?,24?,25?,26-,27+/m1/s1. The van der Waals surface area contributed by atoms with E-state index in [-0.39, 0.29) is 29.0 Å². The maximum atomic E-state index is 13.1. The number of aliphatic hydroxyl groups is 2. The molecule has 2 saturated carbocycles. The van der Waals surface area contributed by atoms with Crippen molar-refractivity contribution >= 4 is 11.9 Å². The number of aliphatic hydroxyl groups excluding tert-OH is 1. The highest BCUT2D eigenvalue weighted by Crippen LogP contribution is 2.72. The number of Topliss-reactive ketones (excluding diaryl/α,β-unsaturated/α-hetero) is 1. The van der Waals surface area contributed by atoms with E-state index in [1.54, 1.807) is 0 Å². The van der Waals surface area contributed by atoms with Crippen LogP contribution in [-0.2, 0) is 18.3 Å². The summed E-state index contributed by atoms with van der Waals surface area (Å²) in [7, 11) is 1.98. The smallest absolute Gasteiger partial charge is 0.164 e. The van der Waals surface area contributed by atoms with Crippen molar-refractivity contribution in [2.24, 2.45) is 41.0 Å². The first-order valence-electron chi connectivity index (χ1n) is 12.2. The van der Waals surface area contributed by atoms with Gasteiger partial charge in [0.2, 0.25) is 0 Å². The van der Waals surface area contributed by atoms with Gasteiger partial charge in [-0.15, -0.1) is 0 Å². The molecule has 0 bridgehead atoms. The molecule has 174 valence electrons. The summed E-state index contributed by atoms with van der Waals surface area (Å²) in [5, 5.41) is 28.3. The number of allylic oxidation sites excluding steroid dienone is 3. The zero-order valence-electron chi connectivity index (χ0n) is 20.6. The fourth-order valence-electron chi connectivity index (χ4n) is 8.62. The lowest BCUT2D eigenvalue weighted by Gasteiger charge is -2.65. The number of hydrogen-bond donors (Lipinski definition) is 2. The number of rotatable bonds is 2. The minimum Gasteiger partial charge on any atom is -0.392 e. The van der Waals surface area contributed by atoms with Crippen molar-refractivity contribution in [3.63, 3.8) is 0 Å². The molecule has 0 aromatic carbocycles. The number of aromatic nitrogens is 2. The Morgan fingerprint density at radius 2 is 2.00 bits per heavy atom. The van der Waals surface area contributed by atoms with Crippen molar-refractivity contribution < 1.29 is 15.0 Å². The molecular weight excluding hydrogens is 400 g/mol. The first kappa shape index (κ1) is 22.1. The zero-order valence-corrected chi connectivity index (χ0v) is 20.6. The topological polar surface area (TPSA) is 75.3 Å². The van der Waals surface area contributed by atoms with Gasteiger partial charge in [0.1, 0.15) is 5.60 Å². The number of fused-ring (bicyclic) bond motifs is 6. The second kappa shape index (κ2) is 6.44. The van der Waals surface area contributed by atoms with Crippen LogP contribution in [0, 0.1) is 34.0 Å². The summed E-state index contributed by atoms with van der Waals surface area (Å²) in [4.78, 5) is 13.1. The molecule has 2 fully saturated rings. The summed E-state index contributed by atoms with van der Waals surface area (Å²) in [5.41, 5.74) is 2.28. The second-order valence-corrected chi connectivity index (χ2v) is 11.8. The maximum absolute atomic E-state index is 13.1. The first-order valence-corrected chi connectivity index (χ1v) is 12.2. The Kier molecular flexibility index (Phi) is 4.45. The van der Waals surface area contributed by atoms with E-state index >= 15 is 0 Å². The molecule has 4 aliphatic carbocycles. The van der Waals surface area contributed by atoms with Crippen LogP contribution in [0.5, 0.6) is 0 Å². The van der Waals surface area contributed by atoms with Crippen molar-refractivity contribution in [2.75, 3.05) is 0 Å². The van der Waals surface area contributed by atoms with Crippen LogP contribution in [-0.4, -0.2) is 37.5 Å². The van der Waals surface area contributed by atoms with E-state index in [2.05, 4.69) is 44.9 Å². The van der Waals surface area contributed by atoms with Crippen LogP contribution in [0.3, 0.4) is 0 Å². The first-order chi connectivity index (χ1) is 14.9. The van der Waals surface area contributed by atoms with Gasteiger partial charge in [0.25, 0.3) is 0 Å². The Labute approximate surface area is 191 Å². The molecule has 0 aliphatic heterocycles. The largest absolute Gasteiger partial charge is 0.392 e. The van der Waals surface area contributed by atoms with E-state index in [0.717, 1.165) is 18.5 Å². The Morgan fingerprint density at radius 1 is 1.31 bits per heavy atom. The SMILES string of the molecule is CCC(=O)[C@@]1(O)[C@H](C)CC2C3C=C(C)C4=Cc5c(cnn5C)CC4(C)[C@@]3(C)C(O)CC21C. The Morgan fingerprint density at radius 3 is 2.66 bits per heavy atom. The molecular formula is C27H38N2O3. The molecule has 8 atom stereocenters. The molecule has 5 heteroatoms. The van der Waals surface area contributed by atoms with E-state index in [1.165, 1.54) is 16.7 Å². The fourth-order valence-corrected chi connectivity index (χ4v) is 8.62. The van der Waals surface area contributed by atoms with E-state index in [4.69, 9.17) is 0 Å². The third-order valence-electron chi connectivity index (χ3n) is 10.7. The van der Waals surface area contributed by atoms with Gasteiger partial charge < -0.3 is 10.2 Å². The number of carbonyl (C=O) groups is 1. The molecule has 5 nitrogen and oxygen atoms in total. The van der Waals surface area contributed by atoms with Crippen molar-refractivity contribution in [1.82, 2.24) is 9.78 Å². The third kappa shape index (κ3) is 2.22. The van der Waals surface area contributed by atoms with Crippen LogP contribution >= 0.6 is 0 Å². The lowest BCUT2D eigenvalue weighted by atomic mass is 9.39. The van der Waals surface area contributed by atoms with Crippen LogP contribution in [0.15, 0.2) is 23.4 Å². The van der Waals surface area contributed by atoms with Gasteiger partial charge in [0.05, 0.1) is 18.0 Å². The average molecular weight is 439 g/mol. The van der Waals surface area contributed by atoms with Gasteiger partial charge in [-0.1, -0.05) is 46.3 Å². The number of carbonyl (C=O) groups excluding carboxylic acids is 1. The molecule has 1 heterocycles. The Hall–Kier alpha value is -1.72. The predicted molar refractivity (Wildman–Crippen MR) is 125 cm³/mol. The maximum Gasteiger partial charge on any atom is 0.164 e. The Bertz CT molecular complexity index is 1070. The zero-order chi connectivity index (χ0) is 23.4. The van der Waals surface area contributed by atoms with Crippen LogP contribution in [0.2, 0.25) is 0 Å². The third-order valence-corrected chi connectivity index (χ3v) is 10.7. The average Bonchev–Trinajstić information content (AvgIpc) is 3.19. The predicted octanol–water partition coefficient (Wildman–Crippen LogP) is 4.09. The molecule has 1 aromatic heterocycles. The highest BCUT2D eigenvalue weighted by Gasteiger charge is 2.73. The van der Waals surface area contributed by atoms with Gasteiger partial charge in [-0.2, -0.15) is 5.10 Å². The summed E-state index contributed by atoms with van der Waals surface area (Å²) in [6, 6.07) is 0. The second-order valence-electron chi connectivity index (χ2n) is 11.8. The lowest BCUT2D eigenvalue weighted by molar-refractivity contribution is -0.200.